The van der Waals surface area contributed by atoms with Crippen LogP contribution in [0.15, 0.2) is 59.8 Å². The van der Waals surface area contributed by atoms with Gasteiger partial charge in [-0.2, -0.15) is 8.42 Å². The Morgan fingerprint density at radius 2 is 1.90 bits per heavy atom. The van der Waals surface area contributed by atoms with E-state index < -0.39 is 21.7 Å². The lowest BCUT2D eigenvalue weighted by Crippen LogP contribution is -2.32. The average Bonchev–Trinajstić information content (AvgIpc) is 2.92. The highest BCUT2D eigenvalue weighted by molar-refractivity contribution is 7.90. The fourth-order valence-electron chi connectivity index (χ4n) is 4.35. The van der Waals surface area contributed by atoms with Crippen molar-refractivity contribution in [2.75, 3.05) is 19.8 Å². The van der Waals surface area contributed by atoms with Crippen molar-refractivity contribution < 1.29 is 31.8 Å². The first-order valence-corrected chi connectivity index (χ1v) is 14.8. The highest BCUT2D eigenvalue weighted by atomic mass is 32.2. The molecule has 1 amide bonds. The third-order valence-electron chi connectivity index (χ3n) is 6.31. The summed E-state index contributed by atoms with van der Waals surface area (Å²) in [6, 6.07) is 11.6. The lowest BCUT2D eigenvalue weighted by Gasteiger charge is -2.25. The number of ether oxygens (including phenoxy) is 3. The van der Waals surface area contributed by atoms with Crippen LogP contribution in [-0.4, -0.2) is 50.2 Å². The van der Waals surface area contributed by atoms with E-state index >= 15 is 0 Å². The highest BCUT2D eigenvalue weighted by Gasteiger charge is 2.25. The van der Waals surface area contributed by atoms with Crippen molar-refractivity contribution in [3.63, 3.8) is 0 Å². The first kappa shape index (κ1) is 29.4. The third kappa shape index (κ3) is 7.98. The van der Waals surface area contributed by atoms with E-state index in [1.165, 1.54) is 42.6 Å². The first-order chi connectivity index (χ1) is 19.1. The second-order valence-corrected chi connectivity index (χ2v) is 11.9. The molecule has 3 heterocycles. The van der Waals surface area contributed by atoms with E-state index in [0.717, 1.165) is 12.8 Å². The van der Waals surface area contributed by atoms with Gasteiger partial charge in [-0.25, -0.2) is 19.1 Å². The van der Waals surface area contributed by atoms with E-state index in [1.54, 1.807) is 12.1 Å². The van der Waals surface area contributed by atoms with Gasteiger partial charge >= 0.3 is 0 Å². The maximum atomic E-state index is 14.5. The molecule has 2 aromatic heterocycles. The molecule has 9 nitrogen and oxygen atoms in total. The van der Waals surface area contributed by atoms with Crippen LogP contribution < -0.4 is 14.2 Å². The number of halogens is 1. The monoisotopic (exact) mass is 571 g/mol. The maximum Gasteiger partial charge on any atom is 0.281 e. The molecule has 3 aromatic rings. The van der Waals surface area contributed by atoms with Crippen LogP contribution in [0.2, 0.25) is 0 Å². The first-order valence-electron chi connectivity index (χ1n) is 13.3. The summed E-state index contributed by atoms with van der Waals surface area (Å²) >= 11 is 0. The van der Waals surface area contributed by atoms with Crippen molar-refractivity contribution in [3.05, 3.63) is 66.1 Å². The second kappa shape index (κ2) is 13.2. The molecular formula is C29H34FN3O6S. The lowest BCUT2D eigenvalue weighted by molar-refractivity contribution is 0.0500. The minimum absolute atomic E-state index is 0.0558. The molecule has 11 heteroatoms. The van der Waals surface area contributed by atoms with Gasteiger partial charge in [0.1, 0.15) is 17.1 Å². The number of hydrogen-bond donors (Lipinski definition) is 1. The number of aromatic nitrogens is 2. The van der Waals surface area contributed by atoms with E-state index in [-0.39, 0.29) is 28.5 Å². The quantitative estimate of drug-likeness (QED) is 0.341. The van der Waals surface area contributed by atoms with Gasteiger partial charge < -0.3 is 14.2 Å². The number of nitrogens with zero attached hydrogens (tertiary/aromatic N) is 2. The van der Waals surface area contributed by atoms with Crippen LogP contribution in [0.4, 0.5) is 4.39 Å². The molecule has 1 atom stereocenters. The van der Waals surface area contributed by atoms with Gasteiger partial charge in [-0.05, 0) is 74.4 Å². The molecule has 1 aliphatic rings. The Labute approximate surface area is 234 Å². The molecule has 1 aromatic carbocycles. The molecule has 0 aliphatic carbocycles. The van der Waals surface area contributed by atoms with Gasteiger partial charge in [-0.3, -0.25) is 4.79 Å². The number of hydrogen-bond acceptors (Lipinski definition) is 8. The van der Waals surface area contributed by atoms with Gasteiger partial charge in [0.2, 0.25) is 5.88 Å². The normalized spacial score (nSPS) is 15.0. The molecule has 0 saturated carbocycles. The topological polar surface area (TPSA) is 117 Å². The minimum atomic E-state index is -4.24. The van der Waals surface area contributed by atoms with Crippen molar-refractivity contribution >= 4 is 15.9 Å². The number of benzene rings is 1. The zero-order valence-corrected chi connectivity index (χ0v) is 23.6. The number of sulfonamides is 1. The molecule has 1 fully saturated rings. The smallest absolute Gasteiger partial charge is 0.281 e. The Morgan fingerprint density at radius 3 is 2.60 bits per heavy atom. The molecule has 1 unspecified atom stereocenters. The summed E-state index contributed by atoms with van der Waals surface area (Å²) in [6.45, 7) is 7.64. The Balaban J connectivity index is 1.65. The number of rotatable bonds is 11. The van der Waals surface area contributed by atoms with Crippen LogP contribution in [0.5, 0.6) is 11.6 Å². The Morgan fingerprint density at radius 1 is 1.12 bits per heavy atom. The summed E-state index contributed by atoms with van der Waals surface area (Å²) < 4.78 is 59.3. The van der Waals surface area contributed by atoms with Gasteiger partial charge in [0.15, 0.2) is 5.03 Å². The van der Waals surface area contributed by atoms with E-state index in [1.807, 2.05) is 25.5 Å². The molecule has 0 radical (unpaired) electrons. The molecule has 1 aliphatic heterocycles. The van der Waals surface area contributed by atoms with Crippen molar-refractivity contribution in [3.8, 4) is 22.9 Å². The van der Waals surface area contributed by atoms with Crippen LogP contribution in [0.1, 0.15) is 50.4 Å². The number of pyridine rings is 2. The second-order valence-electron chi connectivity index (χ2n) is 10.3. The van der Waals surface area contributed by atoms with Gasteiger partial charge in [0, 0.05) is 31.0 Å². The van der Waals surface area contributed by atoms with Crippen LogP contribution in [0.3, 0.4) is 0 Å². The van der Waals surface area contributed by atoms with E-state index in [9.17, 15) is 17.6 Å². The minimum Gasteiger partial charge on any atom is -0.493 e. The summed E-state index contributed by atoms with van der Waals surface area (Å²) in [4.78, 5) is 21.6. The lowest BCUT2D eigenvalue weighted by atomic mass is 9.94. The van der Waals surface area contributed by atoms with E-state index in [4.69, 9.17) is 14.2 Å². The molecule has 1 saturated heterocycles. The zero-order chi connectivity index (χ0) is 28.7. The Bertz CT molecular complexity index is 1410. The highest BCUT2D eigenvalue weighted by Crippen LogP contribution is 2.30. The number of nitrogens with one attached hydrogen (secondary N) is 1. The molecule has 40 heavy (non-hydrogen) atoms. The molecule has 0 bridgehead atoms. The van der Waals surface area contributed by atoms with E-state index in [0.29, 0.717) is 49.2 Å². The van der Waals surface area contributed by atoms with Crippen molar-refractivity contribution in [1.82, 2.24) is 14.7 Å². The number of amides is 1. The van der Waals surface area contributed by atoms with E-state index in [2.05, 4.69) is 9.97 Å². The van der Waals surface area contributed by atoms with Crippen molar-refractivity contribution in [2.24, 2.45) is 11.8 Å². The summed E-state index contributed by atoms with van der Waals surface area (Å²) in [5, 5.41) is -0.294. The SMILES string of the molecule is CC(C)COc1cc(F)cc(-c2ccc(C(=O)NS(=O)(=O)c3ccccn3)c(OC(C)CC3CCOCC3)n2)c1. The predicted octanol–water partition coefficient (Wildman–Crippen LogP) is 5.02. The average molecular weight is 572 g/mol. The van der Waals surface area contributed by atoms with Crippen molar-refractivity contribution in [1.29, 1.82) is 0 Å². The largest absolute Gasteiger partial charge is 0.493 e. The molecular weight excluding hydrogens is 537 g/mol. The van der Waals surface area contributed by atoms with Gasteiger partial charge in [0.05, 0.1) is 18.4 Å². The molecule has 214 valence electrons. The molecule has 0 spiro atoms. The van der Waals surface area contributed by atoms with Gasteiger partial charge in [-0.1, -0.05) is 19.9 Å². The maximum absolute atomic E-state index is 14.5. The summed E-state index contributed by atoms with van der Waals surface area (Å²) in [5.74, 6) is -0.487. The Kier molecular flexibility index (Phi) is 9.70. The predicted molar refractivity (Wildman–Crippen MR) is 147 cm³/mol. The fraction of sp³-hybridized carbons (Fsp3) is 0.414. The van der Waals surface area contributed by atoms with Crippen LogP contribution >= 0.6 is 0 Å². The Hall–Kier alpha value is -3.57. The third-order valence-corrected chi connectivity index (χ3v) is 7.56. The van der Waals surface area contributed by atoms with Crippen LogP contribution in [0.25, 0.3) is 11.3 Å². The van der Waals surface area contributed by atoms with Gasteiger partial charge in [0.25, 0.3) is 15.9 Å². The fourth-order valence-corrected chi connectivity index (χ4v) is 5.26. The van der Waals surface area contributed by atoms with Crippen molar-refractivity contribution in [2.45, 2.75) is 51.2 Å². The summed E-state index contributed by atoms with van der Waals surface area (Å²) in [5.41, 5.74) is 0.690. The molecule has 1 N–H and O–H groups in total. The number of carbonyl (C=O) groups excluding carboxylic acids is 1. The summed E-state index contributed by atoms with van der Waals surface area (Å²) in [6.07, 6.45) is 3.50. The summed E-state index contributed by atoms with van der Waals surface area (Å²) in [7, 11) is -4.24. The zero-order valence-electron chi connectivity index (χ0n) is 22.8. The standard InChI is InChI=1S/C29H34FN3O6S/c1-19(2)18-38-24-16-22(15-23(30)17-24)26-8-7-25(28(34)33-40(35,36)27-6-4-5-11-31-27)29(32-26)39-20(3)14-21-9-12-37-13-10-21/h4-8,11,15-17,19-21H,9-10,12-14,18H2,1-3H3,(H,33,34). The molecule has 4 rings (SSSR count). The van der Waals surface area contributed by atoms with Crippen LogP contribution in [-0.2, 0) is 14.8 Å². The number of carbonyl (C=O) groups is 1. The van der Waals surface area contributed by atoms with Crippen LogP contribution in [0, 0.1) is 17.7 Å². The van der Waals surface area contributed by atoms with Gasteiger partial charge in [-0.15, -0.1) is 0 Å².